The first kappa shape index (κ1) is 26.5. The highest BCUT2D eigenvalue weighted by molar-refractivity contribution is 5.49. The molecule has 2 heterocycles. The van der Waals surface area contributed by atoms with Crippen LogP contribution in [0.3, 0.4) is 0 Å². The Morgan fingerprint density at radius 2 is 1.27 bits per heavy atom. The third-order valence-corrected chi connectivity index (χ3v) is 8.67. The maximum Gasteiger partial charge on any atom is 0.142 e. The summed E-state index contributed by atoms with van der Waals surface area (Å²) in [5.41, 5.74) is 5.26. The molecule has 37 heavy (non-hydrogen) atoms. The minimum atomic E-state index is -0.295. The van der Waals surface area contributed by atoms with E-state index < -0.39 is 0 Å². The van der Waals surface area contributed by atoms with Crippen LogP contribution in [0, 0.1) is 5.92 Å². The van der Waals surface area contributed by atoms with Gasteiger partial charge in [-0.3, -0.25) is 9.80 Å². The van der Waals surface area contributed by atoms with Crippen LogP contribution in [0.5, 0.6) is 11.5 Å². The van der Waals surface area contributed by atoms with Gasteiger partial charge in [0.1, 0.15) is 25.0 Å². The summed E-state index contributed by atoms with van der Waals surface area (Å²) in [5.74, 6) is 2.73. The third kappa shape index (κ3) is 5.98. The van der Waals surface area contributed by atoms with Gasteiger partial charge < -0.3 is 19.7 Å². The predicted octanol–water partition coefficient (Wildman–Crippen LogP) is 5.03. The largest absolute Gasteiger partial charge is 0.478 e. The quantitative estimate of drug-likeness (QED) is 0.522. The number of hydrogen-bond acceptors (Lipinski definition) is 6. The van der Waals surface area contributed by atoms with Gasteiger partial charge in [-0.15, -0.1) is 0 Å². The zero-order chi connectivity index (χ0) is 26.0. The Bertz CT molecular complexity index is 986. The number of aliphatic hydroxyl groups excluding tert-OH is 2. The Labute approximate surface area is 222 Å². The summed E-state index contributed by atoms with van der Waals surface area (Å²) in [4.78, 5) is 4.57. The zero-order valence-electron chi connectivity index (χ0n) is 22.8. The predicted molar refractivity (Wildman–Crippen MR) is 146 cm³/mol. The molecule has 2 N–H and O–H groups in total. The van der Waals surface area contributed by atoms with Gasteiger partial charge in [0.2, 0.25) is 0 Å². The highest BCUT2D eigenvalue weighted by Gasteiger charge is 2.39. The standard InChI is InChI=1S/C31H44N2O4/c1-22-8-12-31(13-9-22,27-4-6-29-25(16-27)18-32(20-36-29)14-10-23(2)34)28-5-7-30-26(17-28)19-33(21-37-30)15-11-24(3)35/h4-7,16-17,22-24,34-35H,8-15,18-21H2,1-3H3. The molecule has 0 amide bonds. The van der Waals surface area contributed by atoms with E-state index in [1.807, 2.05) is 13.8 Å². The van der Waals surface area contributed by atoms with Crippen molar-refractivity contribution in [2.75, 3.05) is 26.6 Å². The van der Waals surface area contributed by atoms with Crippen LogP contribution < -0.4 is 9.47 Å². The SMILES string of the molecule is CC(O)CCN1COc2ccc(C3(c4ccc5c(c4)CN(CCC(C)O)CO5)CCC(C)CC3)cc2C1. The molecule has 1 saturated carbocycles. The second-order valence-electron chi connectivity index (χ2n) is 11.8. The van der Waals surface area contributed by atoms with Gasteiger partial charge >= 0.3 is 0 Å². The van der Waals surface area contributed by atoms with Crippen molar-refractivity contribution in [3.05, 3.63) is 58.7 Å². The lowest BCUT2D eigenvalue weighted by Crippen LogP contribution is -2.36. The number of nitrogens with zero attached hydrogens (tertiary/aromatic N) is 2. The van der Waals surface area contributed by atoms with E-state index in [0.717, 1.165) is 69.3 Å². The summed E-state index contributed by atoms with van der Waals surface area (Å²) in [5, 5.41) is 19.5. The number of benzene rings is 2. The first-order chi connectivity index (χ1) is 17.8. The molecule has 0 radical (unpaired) electrons. The number of hydrogen-bond donors (Lipinski definition) is 2. The lowest BCUT2D eigenvalue weighted by molar-refractivity contribution is 0.0765. The van der Waals surface area contributed by atoms with Crippen LogP contribution in [0.4, 0.5) is 0 Å². The molecule has 2 aromatic rings. The number of aliphatic hydroxyl groups is 2. The van der Waals surface area contributed by atoms with E-state index in [1.165, 1.54) is 35.1 Å². The molecule has 0 saturated heterocycles. The summed E-state index contributed by atoms with van der Waals surface area (Å²) in [6, 6.07) is 13.7. The average molecular weight is 509 g/mol. The minimum Gasteiger partial charge on any atom is -0.478 e. The van der Waals surface area contributed by atoms with Crippen LogP contribution in [-0.2, 0) is 18.5 Å². The van der Waals surface area contributed by atoms with Crippen LogP contribution in [0.2, 0.25) is 0 Å². The van der Waals surface area contributed by atoms with Crippen molar-refractivity contribution in [3.8, 4) is 11.5 Å². The minimum absolute atomic E-state index is 0.0135. The fourth-order valence-electron chi connectivity index (χ4n) is 6.20. The molecule has 0 bridgehead atoms. The van der Waals surface area contributed by atoms with E-state index in [2.05, 4.69) is 53.1 Å². The molecular weight excluding hydrogens is 464 g/mol. The van der Waals surface area contributed by atoms with Gasteiger partial charge in [0.25, 0.3) is 0 Å². The topological polar surface area (TPSA) is 65.4 Å². The van der Waals surface area contributed by atoms with Crippen molar-refractivity contribution in [1.82, 2.24) is 9.80 Å². The molecule has 5 rings (SSSR count). The highest BCUT2D eigenvalue weighted by Crippen LogP contribution is 2.48. The third-order valence-electron chi connectivity index (χ3n) is 8.67. The van der Waals surface area contributed by atoms with Gasteiger partial charge in [-0.2, -0.15) is 0 Å². The van der Waals surface area contributed by atoms with E-state index in [4.69, 9.17) is 9.47 Å². The van der Waals surface area contributed by atoms with Crippen LogP contribution in [-0.4, -0.2) is 58.8 Å². The number of ether oxygens (including phenoxy) is 2. The molecule has 2 unspecified atom stereocenters. The molecule has 0 aromatic heterocycles. The van der Waals surface area contributed by atoms with Crippen LogP contribution in [0.25, 0.3) is 0 Å². The van der Waals surface area contributed by atoms with Crippen molar-refractivity contribution in [2.24, 2.45) is 5.92 Å². The van der Waals surface area contributed by atoms with E-state index in [-0.39, 0.29) is 17.6 Å². The molecule has 2 atom stereocenters. The zero-order valence-corrected chi connectivity index (χ0v) is 22.8. The molecule has 3 aliphatic rings. The van der Waals surface area contributed by atoms with Crippen LogP contribution >= 0.6 is 0 Å². The highest BCUT2D eigenvalue weighted by atomic mass is 16.5. The molecule has 0 spiro atoms. The summed E-state index contributed by atoms with van der Waals surface area (Å²) in [6.07, 6.45) is 5.66. The molecular formula is C31H44N2O4. The lowest BCUT2D eigenvalue weighted by Gasteiger charge is -2.42. The molecule has 202 valence electrons. The normalized spacial score (nSPS) is 25.9. The second kappa shape index (κ2) is 11.3. The summed E-state index contributed by atoms with van der Waals surface area (Å²) in [7, 11) is 0. The molecule has 1 fully saturated rings. The summed E-state index contributed by atoms with van der Waals surface area (Å²) >= 11 is 0. The van der Waals surface area contributed by atoms with E-state index >= 15 is 0 Å². The lowest BCUT2D eigenvalue weighted by atomic mass is 9.63. The van der Waals surface area contributed by atoms with E-state index in [9.17, 15) is 10.2 Å². The van der Waals surface area contributed by atoms with Crippen molar-refractivity contribution >= 4 is 0 Å². The van der Waals surface area contributed by atoms with Crippen molar-refractivity contribution < 1.29 is 19.7 Å². The van der Waals surface area contributed by atoms with E-state index in [1.54, 1.807) is 0 Å². The van der Waals surface area contributed by atoms with Gasteiger partial charge in [0.05, 0.1) is 12.2 Å². The average Bonchev–Trinajstić information content (AvgIpc) is 2.90. The van der Waals surface area contributed by atoms with Gasteiger partial charge in [-0.05, 0) is 93.7 Å². The number of rotatable bonds is 8. The number of fused-ring (bicyclic) bond motifs is 2. The Hall–Kier alpha value is -2.12. The Balaban J connectivity index is 1.44. The van der Waals surface area contributed by atoms with Crippen molar-refractivity contribution in [3.63, 3.8) is 0 Å². The Morgan fingerprint density at radius 1 is 0.811 bits per heavy atom. The van der Waals surface area contributed by atoms with E-state index in [0.29, 0.717) is 13.5 Å². The second-order valence-corrected chi connectivity index (χ2v) is 11.8. The first-order valence-electron chi connectivity index (χ1n) is 14.2. The van der Waals surface area contributed by atoms with Crippen LogP contribution in [0.1, 0.15) is 81.5 Å². The smallest absolute Gasteiger partial charge is 0.142 e. The molecule has 6 heteroatoms. The molecule has 6 nitrogen and oxygen atoms in total. The van der Waals surface area contributed by atoms with Crippen molar-refractivity contribution in [2.45, 2.75) is 90.0 Å². The van der Waals surface area contributed by atoms with Gasteiger partial charge in [0, 0.05) is 42.7 Å². The Morgan fingerprint density at radius 3 is 1.70 bits per heavy atom. The van der Waals surface area contributed by atoms with Gasteiger partial charge in [0.15, 0.2) is 0 Å². The Kier molecular flexibility index (Phi) is 8.10. The maximum atomic E-state index is 9.74. The maximum absolute atomic E-state index is 9.74. The summed E-state index contributed by atoms with van der Waals surface area (Å²) in [6.45, 7) is 10.6. The first-order valence-corrected chi connectivity index (χ1v) is 14.2. The summed E-state index contributed by atoms with van der Waals surface area (Å²) < 4.78 is 12.2. The molecule has 2 aliphatic heterocycles. The van der Waals surface area contributed by atoms with Gasteiger partial charge in [-0.1, -0.05) is 19.1 Å². The molecule has 2 aromatic carbocycles. The van der Waals surface area contributed by atoms with Gasteiger partial charge in [-0.25, -0.2) is 0 Å². The van der Waals surface area contributed by atoms with Crippen LogP contribution in [0.15, 0.2) is 36.4 Å². The monoisotopic (exact) mass is 508 g/mol. The van der Waals surface area contributed by atoms with Crippen molar-refractivity contribution in [1.29, 1.82) is 0 Å². The fraction of sp³-hybridized carbons (Fsp3) is 0.613. The molecule has 1 aliphatic carbocycles. The fourth-order valence-corrected chi connectivity index (χ4v) is 6.20.